The summed E-state index contributed by atoms with van der Waals surface area (Å²) in [6.45, 7) is 2.58. The largest absolute Gasteiger partial charge is 0.381 e. The molecule has 0 radical (unpaired) electrons. The maximum Gasteiger partial charge on any atom is 0.130 e. The molecule has 0 aromatic carbocycles. The SMILES string of the molecule is CN(C)Cc1cc(Br)cnc1NC1CCOCC1. The molecule has 0 aliphatic carbocycles. The summed E-state index contributed by atoms with van der Waals surface area (Å²) in [6.07, 6.45) is 3.96. The van der Waals surface area contributed by atoms with Gasteiger partial charge in [-0.15, -0.1) is 0 Å². The summed E-state index contributed by atoms with van der Waals surface area (Å²) in [5.74, 6) is 0.999. The normalized spacial score (nSPS) is 17.1. The van der Waals surface area contributed by atoms with Gasteiger partial charge in [0, 0.05) is 42.0 Å². The number of pyridine rings is 1. The van der Waals surface area contributed by atoms with E-state index in [2.05, 4.69) is 51.3 Å². The minimum absolute atomic E-state index is 0.480. The standard InChI is InChI=1S/C13H20BrN3O/c1-17(2)9-10-7-11(14)8-15-13(10)16-12-3-5-18-6-4-12/h7-8,12H,3-6,9H2,1-2H3,(H,15,16). The predicted octanol–water partition coefficient (Wildman–Crippen LogP) is 2.50. The molecule has 0 unspecified atom stereocenters. The van der Waals surface area contributed by atoms with Crippen molar-refractivity contribution in [3.63, 3.8) is 0 Å². The fraction of sp³-hybridized carbons (Fsp3) is 0.615. The Balaban J connectivity index is 2.09. The Bertz CT molecular complexity index is 392. The molecule has 1 fully saturated rings. The molecular weight excluding hydrogens is 294 g/mol. The Morgan fingerprint density at radius 1 is 1.44 bits per heavy atom. The number of rotatable bonds is 4. The molecule has 100 valence electrons. The lowest BCUT2D eigenvalue weighted by Crippen LogP contribution is -2.29. The lowest BCUT2D eigenvalue weighted by molar-refractivity contribution is 0.0903. The fourth-order valence-electron chi connectivity index (χ4n) is 2.11. The van der Waals surface area contributed by atoms with Gasteiger partial charge in [-0.1, -0.05) is 0 Å². The molecule has 1 aliphatic rings. The minimum atomic E-state index is 0.480. The quantitative estimate of drug-likeness (QED) is 0.926. The van der Waals surface area contributed by atoms with Crippen molar-refractivity contribution in [3.8, 4) is 0 Å². The molecule has 5 heteroatoms. The first-order valence-corrected chi connectivity index (χ1v) is 7.08. The number of nitrogens with zero attached hydrogens (tertiary/aromatic N) is 2. The molecule has 1 aromatic heterocycles. The Labute approximate surface area is 117 Å². The second kappa shape index (κ2) is 6.50. The van der Waals surface area contributed by atoms with Gasteiger partial charge in [-0.3, -0.25) is 0 Å². The van der Waals surface area contributed by atoms with Crippen molar-refractivity contribution in [2.24, 2.45) is 0 Å². The first kappa shape index (κ1) is 13.8. The summed E-state index contributed by atoms with van der Waals surface area (Å²) in [5.41, 5.74) is 1.22. The van der Waals surface area contributed by atoms with E-state index < -0.39 is 0 Å². The molecule has 1 saturated heterocycles. The zero-order valence-corrected chi connectivity index (χ0v) is 12.5. The highest BCUT2D eigenvalue weighted by Gasteiger charge is 2.16. The van der Waals surface area contributed by atoms with Crippen LogP contribution in [0.4, 0.5) is 5.82 Å². The van der Waals surface area contributed by atoms with Gasteiger partial charge in [0.15, 0.2) is 0 Å². The van der Waals surface area contributed by atoms with Crippen LogP contribution in [0.3, 0.4) is 0 Å². The van der Waals surface area contributed by atoms with Gasteiger partial charge >= 0.3 is 0 Å². The lowest BCUT2D eigenvalue weighted by Gasteiger charge is -2.25. The molecule has 0 atom stereocenters. The second-order valence-electron chi connectivity index (χ2n) is 4.93. The highest BCUT2D eigenvalue weighted by atomic mass is 79.9. The van der Waals surface area contributed by atoms with Crippen LogP contribution in [0.5, 0.6) is 0 Å². The van der Waals surface area contributed by atoms with Crippen LogP contribution in [0.2, 0.25) is 0 Å². The average molecular weight is 314 g/mol. The number of anilines is 1. The van der Waals surface area contributed by atoms with Crippen molar-refractivity contribution in [1.82, 2.24) is 9.88 Å². The number of hydrogen-bond acceptors (Lipinski definition) is 4. The van der Waals surface area contributed by atoms with Crippen LogP contribution < -0.4 is 5.32 Å². The maximum atomic E-state index is 5.38. The van der Waals surface area contributed by atoms with E-state index in [1.807, 2.05) is 6.20 Å². The van der Waals surface area contributed by atoms with Crippen LogP contribution in [0.15, 0.2) is 16.7 Å². The van der Waals surface area contributed by atoms with Crippen molar-refractivity contribution in [1.29, 1.82) is 0 Å². The topological polar surface area (TPSA) is 37.4 Å². The molecule has 1 N–H and O–H groups in total. The molecule has 1 aliphatic heterocycles. The Morgan fingerprint density at radius 3 is 2.83 bits per heavy atom. The van der Waals surface area contributed by atoms with E-state index >= 15 is 0 Å². The first-order chi connectivity index (χ1) is 8.65. The van der Waals surface area contributed by atoms with Crippen molar-refractivity contribution in [3.05, 3.63) is 22.3 Å². The number of hydrogen-bond donors (Lipinski definition) is 1. The summed E-state index contributed by atoms with van der Waals surface area (Å²) in [7, 11) is 4.14. The van der Waals surface area contributed by atoms with Gasteiger partial charge in [-0.2, -0.15) is 0 Å². The lowest BCUT2D eigenvalue weighted by atomic mass is 10.1. The van der Waals surface area contributed by atoms with Gasteiger partial charge in [0.1, 0.15) is 5.82 Å². The zero-order chi connectivity index (χ0) is 13.0. The van der Waals surface area contributed by atoms with E-state index in [0.717, 1.165) is 42.9 Å². The molecule has 0 amide bonds. The molecule has 0 spiro atoms. The molecule has 0 saturated carbocycles. The third-order valence-corrected chi connectivity index (χ3v) is 3.42. The average Bonchev–Trinajstić information content (AvgIpc) is 2.33. The van der Waals surface area contributed by atoms with Gasteiger partial charge in [-0.25, -0.2) is 4.98 Å². The molecular formula is C13H20BrN3O. The number of nitrogens with one attached hydrogen (secondary N) is 1. The van der Waals surface area contributed by atoms with Gasteiger partial charge in [0.2, 0.25) is 0 Å². The highest BCUT2D eigenvalue weighted by molar-refractivity contribution is 9.10. The van der Waals surface area contributed by atoms with Crippen LogP contribution in [-0.2, 0) is 11.3 Å². The van der Waals surface area contributed by atoms with Crippen LogP contribution in [-0.4, -0.2) is 43.2 Å². The van der Waals surface area contributed by atoms with E-state index in [1.165, 1.54) is 5.56 Å². The number of ether oxygens (including phenoxy) is 1. The van der Waals surface area contributed by atoms with Crippen LogP contribution in [0.25, 0.3) is 0 Å². The van der Waals surface area contributed by atoms with Crippen molar-refractivity contribution >= 4 is 21.7 Å². The van der Waals surface area contributed by atoms with E-state index in [0.29, 0.717) is 6.04 Å². The van der Waals surface area contributed by atoms with E-state index in [-0.39, 0.29) is 0 Å². The van der Waals surface area contributed by atoms with E-state index in [1.54, 1.807) is 0 Å². The molecule has 1 aromatic rings. The summed E-state index contributed by atoms with van der Waals surface area (Å²) < 4.78 is 6.40. The third kappa shape index (κ3) is 3.93. The molecule has 2 rings (SSSR count). The molecule has 2 heterocycles. The van der Waals surface area contributed by atoms with Crippen molar-refractivity contribution in [2.75, 3.05) is 32.6 Å². The third-order valence-electron chi connectivity index (χ3n) is 2.98. The van der Waals surface area contributed by atoms with Crippen LogP contribution >= 0.6 is 15.9 Å². The van der Waals surface area contributed by atoms with Crippen LogP contribution in [0.1, 0.15) is 18.4 Å². The van der Waals surface area contributed by atoms with Crippen molar-refractivity contribution < 1.29 is 4.74 Å². The Kier molecular flexibility index (Phi) is 4.97. The molecule has 0 bridgehead atoms. The Hall–Kier alpha value is -0.650. The minimum Gasteiger partial charge on any atom is -0.381 e. The summed E-state index contributed by atoms with van der Waals surface area (Å²) in [5, 5.41) is 3.54. The monoisotopic (exact) mass is 313 g/mol. The van der Waals surface area contributed by atoms with Gasteiger partial charge < -0.3 is 15.0 Å². The highest BCUT2D eigenvalue weighted by Crippen LogP contribution is 2.21. The first-order valence-electron chi connectivity index (χ1n) is 6.28. The zero-order valence-electron chi connectivity index (χ0n) is 10.9. The van der Waals surface area contributed by atoms with Gasteiger partial charge in [-0.05, 0) is 48.9 Å². The van der Waals surface area contributed by atoms with Gasteiger partial charge in [0.05, 0.1) is 0 Å². The number of halogens is 1. The Morgan fingerprint density at radius 2 is 2.17 bits per heavy atom. The fourth-order valence-corrected chi connectivity index (χ4v) is 2.49. The van der Waals surface area contributed by atoms with E-state index in [4.69, 9.17) is 4.74 Å². The second-order valence-corrected chi connectivity index (χ2v) is 5.85. The number of aromatic nitrogens is 1. The maximum absolute atomic E-state index is 5.38. The smallest absolute Gasteiger partial charge is 0.130 e. The summed E-state index contributed by atoms with van der Waals surface area (Å²) >= 11 is 3.48. The van der Waals surface area contributed by atoms with Crippen LogP contribution in [0, 0.1) is 0 Å². The molecule has 4 nitrogen and oxygen atoms in total. The summed E-state index contributed by atoms with van der Waals surface area (Å²) in [6, 6.07) is 2.61. The van der Waals surface area contributed by atoms with Gasteiger partial charge in [0.25, 0.3) is 0 Å². The summed E-state index contributed by atoms with van der Waals surface area (Å²) in [4.78, 5) is 6.65. The van der Waals surface area contributed by atoms with E-state index in [9.17, 15) is 0 Å². The van der Waals surface area contributed by atoms with Crippen molar-refractivity contribution in [2.45, 2.75) is 25.4 Å². The molecule has 18 heavy (non-hydrogen) atoms. The predicted molar refractivity (Wildman–Crippen MR) is 76.8 cm³/mol.